The first-order chi connectivity index (χ1) is 13.2. The highest BCUT2D eigenvalue weighted by atomic mass is 79.9. The summed E-state index contributed by atoms with van der Waals surface area (Å²) in [6.45, 7) is 6.53. The van der Waals surface area contributed by atoms with Crippen LogP contribution in [0.5, 0.6) is 0 Å². The number of hydrogen-bond donors (Lipinski definition) is 0. The molecule has 0 aliphatic carbocycles. The summed E-state index contributed by atoms with van der Waals surface area (Å²) in [4.78, 5) is 0. The van der Waals surface area contributed by atoms with Crippen molar-refractivity contribution in [2.24, 2.45) is 11.8 Å². The standard InChI is InChI=1S/C22H40Br2O3/c1-21(11-7-3-5-9-15-23)13-17-25-19-27-20-26-18-14-22(2)12-8-4-6-10-16-24/h7-8,11-12,21-22H,3-6,9-10,13-20H2,1-2H3. The summed E-state index contributed by atoms with van der Waals surface area (Å²) in [6.07, 6.45) is 18.6. The molecule has 2 unspecified atom stereocenters. The first-order valence-electron chi connectivity index (χ1n) is 10.4. The van der Waals surface area contributed by atoms with Crippen molar-refractivity contribution in [2.75, 3.05) is 37.5 Å². The summed E-state index contributed by atoms with van der Waals surface area (Å²) in [5, 5.41) is 2.20. The average molecular weight is 512 g/mol. The summed E-state index contributed by atoms with van der Waals surface area (Å²) in [6, 6.07) is 0. The zero-order valence-electron chi connectivity index (χ0n) is 17.3. The van der Waals surface area contributed by atoms with E-state index in [-0.39, 0.29) is 0 Å². The molecule has 0 aliphatic rings. The fourth-order valence-corrected chi connectivity index (χ4v) is 3.16. The topological polar surface area (TPSA) is 27.7 Å². The monoisotopic (exact) mass is 510 g/mol. The molecule has 0 bridgehead atoms. The summed E-state index contributed by atoms with van der Waals surface area (Å²) in [7, 11) is 0. The molecule has 0 aromatic carbocycles. The molecular weight excluding hydrogens is 472 g/mol. The van der Waals surface area contributed by atoms with E-state index in [1.165, 1.54) is 38.5 Å². The minimum atomic E-state index is 0.310. The van der Waals surface area contributed by atoms with Crippen LogP contribution in [0, 0.1) is 11.8 Å². The zero-order chi connectivity index (χ0) is 20.0. The van der Waals surface area contributed by atoms with Gasteiger partial charge >= 0.3 is 0 Å². The Balaban J connectivity index is 3.34. The highest BCUT2D eigenvalue weighted by Crippen LogP contribution is 2.08. The van der Waals surface area contributed by atoms with E-state index in [1.54, 1.807) is 0 Å². The van der Waals surface area contributed by atoms with E-state index in [9.17, 15) is 0 Å². The lowest BCUT2D eigenvalue weighted by Crippen LogP contribution is -2.08. The molecular formula is C22H40Br2O3. The molecule has 0 saturated carbocycles. The highest BCUT2D eigenvalue weighted by molar-refractivity contribution is 9.09. The van der Waals surface area contributed by atoms with Crippen LogP contribution in [0.2, 0.25) is 0 Å². The maximum Gasteiger partial charge on any atom is 0.149 e. The molecule has 2 atom stereocenters. The average Bonchev–Trinajstić information content (AvgIpc) is 2.66. The number of hydrogen-bond acceptors (Lipinski definition) is 3. The van der Waals surface area contributed by atoms with Gasteiger partial charge in [0.25, 0.3) is 0 Å². The number of halogens is 2. The van der Waals surface area contributed by atoms with E-state index < -0.39 is 0 Å². The molecule has 5 heteroatoms. The van der Waals surface area contributed by atoms with Crippen LogP contribution >= 0.6 is 31.9 Å². The van der Waals surface area contributed by atoms with Crippen molar-refractivity contribution >= 4 is 31.9 Å². The van der Waals surface area contributed by atoms with Gasteiger partial charge < -0.3 is 14.2 Å². The Labute approximate surface area is 184 Å². The predicted molar refractivity (Wildman–Crippen MR) is 124 cm³/mol. The van der Waals surface area contributed by atoms with Crippen molar-refractivity contribution in [3.8, 4) is 0 Å². The van der Waals surface area contributed by atoms with Crippen molar-refractivity contribution in [1.82, 2.24) is 0 Å². The van der Waals surface area contributed by atoms with E-state index >= 15 is 0 Å². The molecule has 0 heterocycles. The number of ether oxygens (including phenoxy) is 3. The fourth-order valence-electron chi connectivity index (χ4n) is 2.37. The zero-order valence-corrected chi connectivity index (χ0v) is 20.5. The molecule has 0 N–H and O–H groups in total. The Hall–Kier alpha value is 0.320. The van der Waals surface area contributed by atoms with Crippen molar-refractivity contribution in [1.29, 1.82) is 0 Å². The minimum Gasteiger partial charge on any atom is -0.355 e. The van der Waals surface area contributed by atoms with Crippen molar-refractivity contribution in [3.63, 3.8) is 0 Å². The molecule has 27 heavy (non-hydrogen) atoms. The molecule has 0 radical (unpaired) electrons. The Morgan fingerprint density at radius 1 is 0.667 bits per heavy atom. The molecule has 0 aromatic rings. The SMILES string of the molecule is CC(C=CCCCCBr)CCOCOCOCCC(C)C=CCCCCBr. The second-order valence-corrected chi connectivity index (χ2v) is 8.60. The smallest absolute Gasteiger partial charge is 0.149 e. The van der Waals surface area contributed by atoms with E-state index in [1.807, 2.05) is 0 Å². The van der Waals surface area contributed by atoms with Gasteiger partial charge in [0.15, 0.2) is 0 Å². The first-order valence-corrected chi connectivity index (χ1v) is 12.6. The van der Waals surface area contributed by atoms with Crippen LogP contribution in [0.3, 0.4) is 0 Å². The van der Waals surface area contributed by atoms with Crippen LogP contribution in [0.1, 0.15) is 65.2 Å². The van der Waals surface area contributed by atoms with Gasteiger partial charge in [-0.3, -0.25) is 0 Å². The van der Waals surface area contributed by atoms with Gasteiger partial charge in [-0.2, -0.15) is 0 Å². The molecule has 160 valence electrons. The fraction of sp³-hybridized carbons (Fsp3) is 0.818. The van der Waals surface area contributed by atoms with Gasteiger partial charge in [0.1, 0.15) is 13.6 Å². The summed E-state index contributed by atoms with van der Waals surface area (Å²) in [5.74, 6) is 1.11. The third kappa shape index (κ3) is 22.5. The molecule has 0 saturated heterocycles. The van der Waals surface area contributed by atoms with Gasteiger partial charge in [-0.15, -0.1) is 0 Å². The van der Waals surface area contributed by atoms with Crippen molar-refractivity contribution < 1.29 is 14.2 Å². The highest BCUT2D eigenvalue weighted by Gasteiger charge is 1.99. The second-order valence-electron chi connectivity index (χ2n) is 7.01. The lowest BCUT2D eigenvalue weighted by Gasteiger charge is -2.10. The maximum absolute atomic E-state index is 5.51. The van der Waals surface area contributed by atoms with E-state index in [4.69, 9.17) is 14.2 Å². The van der Waals surface area contributed by atoms with Crippen LogP contribution in [0.15, 0.2) is 24.3 Å². The quantitative estimate of drug-likeness (QED) is 0.0745. The molecule has 0 amide bonds. The number of allylic oxidation sites excluding steroid dienone is 4. The van der Waals surface area contributed by atoms with Crippen LogP contribution in [0.25, 0.3) is 0 Å². The molecule has 0 spiro atoms. The third-order valence-electron chi connectivity index (χ3n) is 4.21. The summed E-state index contributed by atoms with van der Waals surface area (Å²) >= 11 is 6.91. The molecule has 0 aliphatic heterocycles. The van der Waals surface area contributed by atoms with Gasteiger partial charge in [-0.25, -0.2) is 0 Å². The minimum absolute atomic E-state index is 0.310. The van der Waals surface area contributed by atoms with Crippen LogP contribution in [-0.2, 0) is 14.2 Å². The summed E-state index contributed by atoms with van der Waals surface area (Å²) in [5.41, 5.74) is 0. The Kier molecular flexibility index (Phi) is 22.9. The Morgan fingerprint density at radius 2 is 1.11 bits per heavy atom. The first kappa shape index (κ1) is 27.3. The van der Waals surface area contributed by atoms with Gasteiger partial charge in [0.2, 0.25) is 0 Å². The Bertz CT molecular complexity index is 316. The molecule has 0 fully saturated rings. The normalized spacial score (nSPS) is 14.4. The number of alkyl halides is 2. The van der Waals surface area contributed by atoms with Crippen molar-refractivity contribution in [3.05, 3.63) is 24.3 Å². The molecule has 3 nitrogen and oxygen atoms in total. The molecule has 0 aromatic heterocycles. The Morgan fingerprint density at radius 3 is 1.52 bits per heavy atom. The second kappa shape index (κ2) is 22.6. The van der Waals surface area contributed by atoms with Crippen molar-refractivity contribution in [2.45, 2.75) is 65.2 Å². The summed E-state index contributed by atoms with van der Waals surface area (Å²) < 4.78 is 16.4. The number of rotatable bonds is 20. The predicted octanol–water partition coefficient (Wildman–Crippen LogP) is 7.25. The number of unbranched alkanes of at least 4 members (excludes halogenated alkanes) is 4. The largest absolute Gasteiger partial charge is 0.355 e. The lowest BCUT2D eigenvalue weighted by atomic mass is 10.1. The van der Waals surface area contributed by atoms with Gasteiger partial charge in [-0.05, 0) is 63.2 Å². The van der Waals surface area contributed by atoms with Gasteiger partial charge in [-0.1, -0.05) is 70.0 Å². The van der Waals surface area contributed by atoms with E-state index in [2.05, 4.69) is 70.0 Å². The maximum atomic E-state index is 5.51. The van der Waals surface area contributed by atoms with Crippen LogP contribution < -0.4 is 0 Å². The lowest BCUT2D eigenvalue weighted by molar-refractivity contribution is -0.132. The molecule has 0 rings (SSSR count). The van der Waals surface area contributed by atoms with Gasteiger partial charge in [0, 0.05) is 23.9 Å². The van der Waals surface area contributed by atoms with Crippen LogP contribution in [-0.4, -0.2) is 37.5 Å². The van der Waals surface area contributed by atoms with E-state index in [0.717, 1.165) is 36.7 Å². The van der Waals surface area contributed by atoms with Gasteiger partial charge in [0.05, 0.1) is 0 Å². The third-order valence-corrected chi connectivity index (χ3v) is 5.33. The van der Waals surface area contributed by atoms with Crippen LogP contribution in [0.4, 0.5) is 0 Å². The van der Waals surface area contributed by atoms with E-state index in [0.29, 0.717) is 25.4 Å².